The molecule has 0 aliphatic carbocycles. The zero-order valence-electron chi connectivity index (χ0n) is 19.4. The maximum atomic E-state index is 12.8. The SMILES string of the molecule is COc1ccc(CCN2C(=NC(=O)Cc3ccc(OC)c(OC)c3)S[C@H]3CS(=O)(=O)C[C@H]32)cc1. The van der Waals surface area contributed by atoms with Crippen LogP contribution in [0.15, 0.2) is 47.5 Å². The molecule has 2 aromatic rings. The van der Waals surface area contributed by atoms with E-state index < -0.39 is 9.84 Å². The van der Waals surface area contributed by atoms with Crippen LogP contribution in [0.5, 0.6) is 17.2 Å². The maximum Gasteiger partial charge on any atom is 0.252 e. The second-order valence-electron chi connectivity index (χ2n) is 8.25. The highest BCUT2D eigenvalue weighted by Gasteiger charge is 2.48. The van der Waals surface area contributed by atoms with Gasteiger partial charge in [0.25, 0.3) is 5.91 Å². The summed E-state index contributed by atoms with van der Waals surface area (Å²) in [6.45, 7) is 0.582. The summed E-state index contributed by atoms with van der Waals surface area (Å²) in [6.07, 6.45) is 0.821. The molecule has 8 nitrogen and oxygen atoms in total. The van der Waals surface area contributed by atoms with Crippen LogP contribution in [0.25, 0.3) is 0 Å². The van der Waals surface area contributed by atoms with Crippen molar-refractivity contribution < 1.29 is 27.4 Å². The van der Waals surface area contributed by atoms with Gasteiger partial charge >= 0.3 is 0 Å². The third-order valence-electron chi connectivity index (χ3n) is 6.00. The largest absolute Gasteiger partial charge is 0.497 e. The zero-order valence-corrected chi connectivity index (χ0v) is 21.0. The fraction of sp³-hybridized carbons (Fsp3) is 0.417. The Morgan fingerprint density at radius 3 is 2.38 bits per heavy atom. The number of amidine groups is 1. The van der Waals surface area contributed by atoms with Crippen LogP contribution in [0.2, 0.25) is 0 Å². The molecule has 2 saturated heterocycles. The van der Waals surface area contributed by atoms with Crippen molar-refractivity contribution in [2.45, 2.75) is 24.1 Å². The standard InChI is InChI=1S/C24H28N2O6S2/c1-30-18-7-4-16(5-8-18)10-11-26-19-14-34(28,29)15-22(19)33-24(26)25-23(27)13-17-6-9-20(31-2)21(12-17)32-3/h4-9,12,19,22H,10-11,13-15H2,1-3H3/t19-,22+/m1/s1. The van der Waals surface area contributed by atoms with Crippen LogP contribution in [0, 0.1) is 0 Å². The van der Waals surface area contributed by atoms with Crippen LogP contribution in [0.4, 0.5) is 0 Å². The number of carbonyl (C=O) groups is 1. The first-order chi connectivity index (χ1) is 16.3. The Morgan fingerprint density at radius 2 is 1.71 bits per heavy atom. The molecule has 34 heavy (non-hydrogen) atoms. The van der Waals surface area contributed by atoms with E-state index in [0.717, 1.165) is 16.9 Å². The number of aliphatic imine (C=N–C) groups is 1. The minimum absolute atomic E-state index is 0.0934. The molecule has 0 aromatic heterocycles. The average molecular weight is 505 g/mol. The maximum absolute atomic E-state index is 12.8. The van der Waals surface area contributed by atoms with Crippen LogP contribution in [-0.4, -0.2) is 75.1 Å². The van der Waals surface area contributed by atoms with Gasteiger partial charge in [-0.3, -0.25) is 4.79 Å². The summed E-state index contributed by atoms with van der Waals surface area (Å²) >= 11 is 1.40. The minimum Gasteiger partial charge on any atom is -0.497 e. The van der Waals surface area contributed by atoms with Crippen LogP contribution >= 0.6 is 11.8 Å². The predicted molar refractivity (Wildman–Crippen MR) is 133 cm³/mol. The van der Waals surface area contributed by atoms with Gasteiger partial charge in [0.15, 0.2) is 26.5 Å². The molecular weight excluding hydrogens is 476 g/mol. The van der Waals surface area contributed by atoms with Crippen LogP contribution in [0.3, 0.4) is 0 Å². The highest BCUT2D eigenvalue weighted by Crippen LogP contribution is 2.38. The molecule has 2 aliphatic rings. The van der Waals surface area contributed by atoms with Crippen molar-refractivity contribution in [3.8, 4) is 17.2 Å². The fourth-order valence-corrected chi connectivity index (χ4v) is 8.25. The topological polar surface area (TPSA) is 94.5 Å². The van der Waals surface area contributed by atoms with E-state index in [0.29, 0.717) is 29.6 Å². The van der Waals surface area contributed by atoms with Gasteiger partial charge in [-0.15, -0.1) is 0 Å². The van der Waals surface area contributed by atoms with Gasteiger partial charge in [-0.1, -0.05) is 30.0 Å². The smallest absolute Gasteiger partial charge is 0.252 e. The number of amides is 1. The second-order valence-corrected chi connectivity index (χ2v) is 11.6. The first-order valence-corrected chi connectivity index (χ1v) is 13.6. The number of thioether (sulfide) groups is 1. The third kappa shape index (κ3) is 5.50. The van der Waals surface area contributed by atoms with Gasteiger partial charge in [-0.05, 0) is 41.8 Å². The van der Waals surface area contributed by atoms with Gasteiger partial charge in [-0.2, -0.15) is 4.99 Å². The Labute approximate surface area is 204 Å². The summed E-state index contributed by atoms with van der Waals surface area (Å²) in [4.78, 5) is 19.2. The lowest BCUT2D eigenvalue weighted by Gasteiger charge is -2.24. The number of carbonyl (C=O) groups excluding carboxylic acids is 1. The number of hydrogen-bond donors (Lipinski definition) is 0. The van der Waals surface area contributed by atoms with Crippen molar-refractivity contribution in [1.29, 1.82) is 0 Å². The normalized spacial score (nSPS) is 22.0. The Bertz CT molecular complexity index is 1180. The second kappa shape index (κ2) is 10.3. The van der Waals surface area contributed by atoms with E-state index in [2.05, 4.69) is 4.99 Å². The van der Waals surface area contributed by atoms with Gasteiger partial charge in [0.2, 0.25) is 0 Å². The molecule has 182 valence electrons. The van der Waals surface area contributed by atoms with Crippen molar-refractivity contribution in [2.75, 3.05) is 39.4 Å². The van der Waals surface area contributed by atoms with Crippen LogP contribution in [0.1, 0.15) is 11.1 Å². The van der Waals surface area contributed by atoms with Crippen LogP contribution < -0.4 is 14.2 Å². The Balaban J connectivity index is 1.50. The molecule has 0 radical (unpaired) electrons. The Kier molecular flexibility index (Phi) is 7.37. The predicted octanol–water partition coefficient (Wildman–Crippen LogP) is 2.59. The van der Waals surface area contributed by atoms with E-state index in [1.807, 2.05) is 35.2 Å². The van der Waals surface area contributed by atoms with Gasteiger partial charge in [0, 0.05) is 11.8 Å². The molecule has 2 fully saturated rings. The highest BCUT2D eigenvalue weighted by atomic mass is 32.2. The number of benzene rings is 2. The molecule has 2 aliphatic heterocycles. The summed E-state index contributed by atoms with van der Waals surface area (Å²) in [7, 11) is 1.64. The van der Waals surface area contributed by atoms with Crippen molar-refractivity contribution >= 4 is 32.7 Å². The lowest BCUT2D eigenvalue weighted by molar-refractivity contribution is -0.117. The number of nitrogens with zero attached hydrogens (tertiary/aromatic N) is 2. The summed E-state index contributed by atoms with van der Waals surface area (Å²) in [5, 5.41) is 0.498. The van der Waals surface area contributed by atoms with Crippen molar-refractivity contribution in [3.05, 3.63) is 53.6 Å². The van der Waals surface area contributed by atoms with Gasteiger partial charge < -0.3 is 19.1 Å². The highest BCUT2D eigenvalue weighted by molar-refractivity contribution is 8.15. The molecule has 4 rings (SSSR count). The molecule has 1 amide bonds. The number of fused-ring (bicyclic) bond motifs is 1. The fourth-order valence-electron chi connectivity index (χ4n) is 4.25. The third-order valence-corrected chi connectivity index (χ3v) is 9.25. The lowest BCUT2D eigenvalue weighted by Crippen LogP contribution is -2.39. The molecular formula is C24H28N2O6S2. The van der Waals surface area contributed by atoms with Gasteiger partial charge in [0.05, 0.1) is 45.3 Å². The summed E-state index contributed by atoms with van der Waals surface area (Å²) in [5.41, 5.74) is 1.87. The van der Waals surface area contributed by atoms with Crippen LogP contribution in [-0.2, 0) is 27.5 Å². The van der Waals surface area contributed by atoms with E-state index in [-0.39, 0.29) is 35.1 Å². The van der Waals surface area contributed by atoms with Gasteiger partial charge in [0.1, 0.15) is 5.75 Å². The molecule has 0 unspecified atom stereocenters. The molecule has 2 atom stereocenters. The lowest BCUT2D eigenvalue weighted by atomic mass is 10.1. The van der Waals surface area contributed by atoms with E-state index in [1.165, 1.54) is 11.8 Å². The van der Waals surface area contributed by atoms with Crippen molar-refractivity contribution in [2.24, 2.45) is 4.99 Å². The number of sulfone groups is 1. The molecule has 0 saturated carbocycles. The van der Waals surface area contributed by atoms with E-state index in [9.17, 15) is 13.2 Å². The van der Waals surface area contributed by atoms with Gasteiger partial charge in [-0.25, -0.2) is 8.42 Å². The summed E-state index contributed by atoms with van der Waals surface area (Å²) in [5.74, 6) is 1.85. The van der Waals surface area contributed by atoms with Crippen molar-refractivity contribution in [1.82, 2.24) is 4.90 Å². The molecule has 0 spiro atoms. The quantitative estimate of drug-likeness (QED) is 0.542. The number of ether oxygens (including phenoxy) is 3. The van der Waals surface area contributed by atoms with E-state index in [4.69, 9.17) is 14.2 Å². The molecule has 0 N–H and O–H groups in total. The Hall–Kier alpha value is -2.72. The summed E-state index contributed by atoms with van der Waals surface area (Å²) in [6, 6.07) is 13.0. The first-order valence-electron chi connectivity index (χ1n) is 10.9. The Morgan fingerprint density at radius 1 is 1.00 bits per heavy atom. The number of rotatable bonds is 8. The van der Waals surface area contributed by atoms with Crippen molar-refractivity contribution in [3.63, 3.8) is 0 Å². The number of methoxy groups -OCH3 is 3. The molecule has 2 aromatic carbocycles. The zero-order chi connectivity index (χ0) is 24.3. The minimum atomic E-state index is -3.09. The number of hydrogen-bond acceptors (Lipinski definition) is 7. The molecule has 2 heterocycles. The van der Waals surface area contributed by atoms with E-state index in [1.54, 1.807) is 33.5 Å². The average Bonchev–Trinajstić information content (AvgIpc) is 3.28. The molecule has 0 bridgehead atoms. The monoisotopic (exact) mass is 504 g/mol. The molecule has 10 heteroatoms. The first kappa shape index (κ1) is 24.4. The van der Waals surface area contributed by atoms with E-state index >= 15 is 0 Å². The summed E-state index contributed by atoms with van der Waals surface area (Å²) < 4.78 is 40.2.